The highest BCUT2D eigenvalue weighted by molar-refractivity contribution is 5.69. The van der Waals surface area contributed by atoms with Gasteiger partial charge < -0.3 is 9.47 Å². The summed E-state index contributed by atoms with van der Waals surface area (Å²) in [6.45, 7) is 3.00. The number of hydrogen-bond acceptors (Lipinski definition) is 3. The van der Waals surface area contributed by atoms with E-state index in [1.807, 2.05) is 13.0 Å². The number of methoxy groups -OCH3 is 1. The highest BCUT2D eigenvalue weighted by Gasteiger charge is 1.99. The molecule has 0 amide bonds. The van der Waals surface area contributed by atoms with Crippen molar-refractivity contribution in [3.8, 4) is 0 Å². The third kappa shape index (κ3) is 11.1. The number of hydrogen-bond donors (Lipinski definition) is 0. The predicted octanol–water partition coefficient (Wildman–Crippen LogP) is 2.70. The molecule has 0 rings (SSSR count). The molecule has 0 unspecified atom stereocenters. The van der Waals surface area contributed by atoms with Crippen LogP contribution in [0.15, 0.2) is 12.2 Å². The van der Waals surface area contributed by atoms with Crippen LogP contribution < -0.4 is 0 Å². The Hall–Kier alpha value is -0.830. The van der Waals surface area contributed by atoms with Gasteiger partial charge in [-0.2, -0.15) is 0 Å². The van der Waals surface area contributed by atoms with E-state index in [4.69, 9.17) is 9.47 Å². The second-order valence-corrected chi connectivity index (χ2v) is 3.33. The Bertz CT molecular complexity index is 176. The van der Waals surface area contributed by atoms with E-state index in [1.54, 1.807) is 7.11 Å². The van der Waals surface area contributed by atoms with Crippen molar-refractivity contribution < 1.29 is 14.3 Å². The fraction of sp³-hybridized carbons (Fsp3) is 0.750. The van der Waals surface area contributed by atoms with Crippen LogP contribution >= 0.6 is 0 Å². The zero-order valence-corrected chi connectivity index (χ0v) is 9.83. The number of rotatable bonds is 9. The topological polar surface area (TPSA) is 35.5 Å². The van der Waals surface area contributed by atoms with Gasteiger partial charge in [0.25, 0.3) is 0 Å². The average Bonchev–Trinajstić information content (AvgIpc) is 2.22. The Morgan fingerprint density at radius 3 is 2.67 bits per heavy atom. The number of allylic oxidation sites excluding steroid dienone is 1. The van der Waals surface area contributed by atoms with Gasteiger partial charge in [-0.1, -0.05) is 18.6 Å². The van der Waals surface area contributed by atoms with E-state index in [0.29, 0.717) is 19.6 Å². The largest absolute Gasteiger partial charge is 0.466 e. The van der Waals surface area contributed by atoms with Crippen molar-refractivity contribution in [2.24, 2.45) is 0 Å². The minimum absolute atomic E-state index is 0.0765. The van der Waals surface area contributed by atoms with Gasteiger partial charge in [-0.15, -0.1) is 0 Å². The molecular weight excluding hydrogens is 192 g/mol. The van der Waals surface area contributed by atoms with Crippen LogP contribution in [0.2, 0.25) is 0 Å². The Kier molecular flexibility index (Phi) is 10.6. The molecule has 0 aromatic carbocycles. The molecule has 0 fully saturated rings. The molecular formula is C12H22O3. The van der Waals surface area contributed by atoms with Crippen LogP contribution in [0.25, 0.3) is 0 Å². The van der Waals surface area contributed by atoms with E-state index >= 15 is 0 Å². The number of carbonyl (C=O) groups is 1. The first kappa shape index (κ1) is 14.2. The summed E-state index contributed by atoms with van der Waals surface area (Å²) in [5, 5.41) is 0. The Morgan fingerprint density at radius 2 is 2.00 bits per heavy atom. The van der Waals surface area contributed by atoms with Crippen LogP contribution in [-0.4, -0.2) is 26.3 Å². The molecule has 0 bridgehead atoms. The summed E-state index contributed by atoms with van der Waals surface area (Å²) in [5.41, 5.74) is 0. The van der Waals surface area contributed by atoms with Crippen LogP contribution in [0.4, 0.5) is 0 Å². The van der Waals surface area contributed by atoms with Gasteiger partial charge in [-0.3, -0.25) is 4.79 Å². The van der Waals surface area contributed by atoms with Crippen molar-refractivity contribution in [2.75, 3.05) is 20.3 Å². The van der Waals surface area contributed by atoms with Gasteiger partial charge in [0.1, 0.15) is 0 Å². The maximum absolute atomic E-state index is 11.0. The standard InChI is InChI=1S/C12H22O3/c1-3-15-12(13)10-8-6-4-5-7-9-11-14-2/h7,9H,3-6,8,10-11H2,1-2H3/b9-7+. The van der Waals surface area contributed by atoms with Gasteiger partial charge in [0.2, 0.25) is 0 Å². The highest BCUT2D eigenvalue weighted by Crippen LogP contribution is 2.04. The van der Waals surface area contributed by atoms with Gasteiger partial charge in [0.05, 0.1) is 13.2 Å². The fourth-order valence-electron chi connectivity index (χ4n) is 1.22. The molecule has 0 aromatic rings. The van der Waals surface area contributed by atoms with E-state index in [2.05, 4.69) is 6.08 Å². The van der Waals surface area contributed by atoms with Gasteiger partial charge in [0.15, 0.2) is 0 Å². The Balaban J connectivity index is 3.14. The number of carbonyl (C=O) groups excluding carboxylic acids is 1. The second kappa shape index (κ2) is 11.2. The van der Waals surface area contributed by atoms with Crippen LogP contribution in [0.1, 0.15) is 39.0 Å². The van der Waals surface area contributed by atoms with Crippen LogP contribution in [0, 0.1) is 0 Å². The van der Waals surface area contributed by atoms with Crippen LogP contribution in [0.5, 0.6) is 0 Å². The molecule has 3 heteroatoms. The highest BCUT2D eigenvalue weighted by atomic mass is 16.5. The molecule has 3 nitrogen and oxygen atoms in total. The van der Waals surface area contributed by atoms with Gasteiger partial charge in [-0.25, -0.2) is 0 Å². The van der Waals surface area contributed by atoms with Crippen molar-refractivity contribution in [3.63, 3.8) is 0 Å². The lowest BCUT2D eigenvalue weighted by atomic mass is 10.1. The molecule has 88 valence electrons. The summed E-state index contributed by atoms with van der Waals surface area (Å²) >= 11 is 0. The maximum atomic E-state index is 11.0. The van der Waals surface area contributed by atoms with E-state index in [1.165, 1.54) is 0 Å². The maximum Gasteiger partial charge on any atom is 0.305 e. The van der Waals surface area contributed by atoms with Crippen LogP contribution in [-0.2, 0) is 14.3 Å². The Labute approximate surface area is 92.5 Å². The molecule has 0 radical (unpaired) electrons. The minimum atomic E-state index is -0.0765. The quantitative estimate of drug-likeness (QED) is 0.336. The lowest BCUT2D eigenvalue weighted by Crippen LogP contribution is -2.02. The molecule has 0 spiro atoms. The normalized spacial score (nSPS) is 10.8. The number of esters is 1. The molecule has 0 aromatic heterocycles. The van der Waals surface area contributed by atoms with E-state index in [-0.39, 0.29) is 5.97 Å². The third-order valence-electron chi connectivity index (χ3n) is 1.99. The summed E-state index contributed by atoms with van der Waals surface area (Å²) in [5.74, 6) is -0.0765. The van der Waals surface area contributed by atoms with E-state index in [9.17, 15) is 4.79 Å². The summed E-state index contributed by atoms with van der Waals surface area (Å²) in [7, 11) is 1.68. The molecule has 0 saturated carbocycles. The molecule has 0 aliphatic heterocycles. The van der Waals surface area contributed by atoms with Crippen molar-refractivity contribution in [1.82, 2.24) is 0 Å². The summed E-state index contributed by atoms with van der Waals surface area (Å²) in [6, 6.07) is 0. The first-order chi connectivity index (χ1) is 7.31. The number of unbranched alkanes of at least 4 members (excludes halogenated alkanes) is 3. The Morgan fingerprint density at radius 1 is 1.20 bits per heavy atom. The first-order valence-electron chi connectivity index (χ1n) is 5.60. The summed E-state index contributed by atoms with van der Waals surface area (Å²) in [6.07, 6.45) is 8.88. The molecule has 0 saturated heterocycles. The van der Waals surface area contributed by atoms with Gasteiger partial charge >= 0.3 is 5.97 Å². The lowest BCUT2D eigenvalue weighted by Gasteiger charge is -2.00. The van der Waals surface area contributed by atoms with Crippen molar-refractivity contribution in [1.29, 1.82) is 0 Å². The fourth-order valence-corrected chi connectivity index (χ4v) is 1.22. The van der Waals surface area contributed by atoms with E-state index < -0.39 is 0 Å². The molecule has 15 heavy (non-hydrogen) atoms. The molecule has 0 aliphatic carbocycles. The SMILES string of the molecule is CCOC(=O)CCCCC/C=C/COC. The molecule has 0 N–H and O–H groups in total. The van der Waals surface area contributed by atoms with Gasteiger partial charge in [-0.05, 0) is 26.2 Å². The molecule has 0 aliphatic rings. The molecule has 0 atom stereocenters. The second-order valence-electron chi connectivity index (χ2n) is 3.33. The van der Waals surface area contributed by atoms with E-state index in [0.717, 1.165) is 25.7 Å². The summed E-state index contributed by atoms with van der Waals surface area (Å²) < 4.78 is 9.71. The first-order valence-corrected chi connectivity index (χ1v) is 5.60. The van der Waals surface area contributed by atoms with Crippen molar-refractivity contribution in [3.05, 3.63) is 12.2 Å². The predicted molar refractivity (Wildman–Crippen MR) is 60.7 cm³/mol. The summed E-state index contributed by atoms with van der Waals surface area (Å²) in [4.78, 5) is 11.0. The zero-order chi connectivity index (χ0) is 11.4. The van der Waals surface area contributed by atoms with Crippen molar-refractivity contribution in [2.45, 2.75) is 39.0 Å². The average molecular weight is 214 g/mol. The minimum Gasteiger partial charge on any atom is -0.466 e. The number of ether oxygens (including phenoxy) is 2. The molecule has 0 heterocycles. The van der Waals surface area contributed by atoms with Crippen LogP contribution in [0.3, 0.4) is 0 Å². The smallest absolute Gasteiger partial charge is 0.305 e. The van der Waals surface area contributed by atoms with Gasteiger partial charge in [0, 0.05) is 13.5 Å². The third-order valence-corrected chi connectivity index (χ3v) is 1.99. The van der Waals surface area contributed by atoms with Crippen molar-refractivity contribution >= 4 is 5.97 Å². The monoisotopic (exact) mass is 214 g/mol. The lowest BCUT2D eigenvalue weighted by molar-refractivity contribution is -0.143. The zero-order valence-electron chi connectivity index (χ0n) is 9.83.